The molecule has 42 heavy (non-hydrogen) atoms. The van der Waals surface area contributed by atoms with Crippen molar-refractivity contribution in [2.45, 2.75) is 42.5 Å². The number of rotatable bonds is 8. The number of benzene rings is 3. The third kappa shape index (κ3) is 6.21. The number of carbonyl (C=O) groups is 1. The molecule has 0 radical (unpaired) electrons. The fraction of sp³-hybridized carbons (Fsp3) is 0.321. The Morgan fingerprint density at radius 2 is 1.86 bits per heavy atom. The molecule has 1 fully saturated rings. The lowest BCUT2D eigenvalue weighted by atomic mass is 10.1. The van der Waals surface area contributed by atoms with Gasteiger partial charge in [-0.1, -0.05) is 23.7 Å². The van der Waals surface area contributed by atoms with Crippen LogP contribution in [-0.2, 0) is 21.0 Å². The fourth-order valence-corrected chi connectivity index (χ4v) is 6.83. The smallest absolute Gasteiger partial charge is 0.416 e. The van der Waals surface area contributed by atoms with Crippen LogP contribution >= 0.6 is 11.6 Å². The average molecular weight is 628 g/mol. The van der Waals surface area contributed by atoms with Crippen molar-refractivity contribution in [3.05, 3.63) is 77.1 Å². The van der Waals surface area contributed by atoms with Gasteiger partial charge in [-0.15, -0.1) is 0 Å². The van der Waals surface area contributed by atoms with E-state index in [9.17, 15) is 30.8 Å². The fourth-order valence-electron chi connectivity index (χ4n) is 5.07. The summed E-state index contributed by atoms with van der Waals surface area (Å²) in [4.78, 5) is 12.6. The Balaban J connectivity index is 1.45. The third-order valence-electron chi connectivity index (χ3n) is 7.17. The molecule has 5 rings (SSSR count). The highest BCUT2D eigenvalue weighted by atomic mass is 35.5. The number of carboxylic acids is 1. The van der Waals surface area contributed by atoms with Crippen LogP contribution in [0.5, 0.6) is 5.75 Å². The largest absolute Gasteiger partial charge is 0.486 e. The Kier molecular flexibility index (Phi) is 8.17. The Morgan fingerprint density at radius 3 is 2.57 bits per heavy atom. The van der Waals surface area contributed by atoms with Gasteiger partial charge in [0.1, 0.15) is 17.7 Å². The monoisotopic (exact) mass is 627 g/mol. The van der Waals surface area contributed by atoms with E-state index in [1.54, 1.807) is 24.3 Å². The lowest BCUT2D eigenvalue weighted by Crippen LogP contribution is -2.44. The number of ether oxygens (including phenoxy) is 1. The minimum atomic E-state index is -4.75. The zero-order valence-electron chi connectivity index (χ0n) is 21.9. The number of alkyl halides is 3. The van der Waals surface area contributed by atoms with Crippen LogP contribution in [0.4, 0.5) is 34.6 Å². The van der Waals surface area contributed by atoms with E-state index in [0.717, 1.165) is 22.5 Å². The van der Waals surface area contributed by atoms with E-state index >= 15 is 0 Å². The number of para-hydroxylation sites is 1. The van der Waals surface area contributed by atoms with Crippen LogP contribution in [0.25, 0.3) is 0 Å². The summed E-state index contributed by atoms with van der Waals surface area (Å²) in [6.07, 6.45) is -5.26. The SMILES string of the molecule is O=C(O)CC[C@H]1CN(S(=O)(=O)c2cccc(C(F)(F)F)c2)c2cc(N3CCC(Nc4c(F)cccc4Cl)C3)ccc2O1. The predicted octanol–water partition coefficient (Wildman–Crippen LogP) is 6.01. The summed E-state index contributed by atoms with van der Waals surface area (Å²) in [6.45, 7) is 0.690. The maximum Gasteiger partial charge on any atom is 0.416 e. The second-order valence-electron chi connectivity index (χ2n) is 10.1. The van der Waals surface area contributed by atoms with E-state index < -0.39 is 44.5 Å². The molecule has 8 nitrogen and oxygen atoms in total. The topological polar surface area (TPSA) is 99.2 Å². The third-order valence-corrected chi connectivity index (χ3v) is 9.26. The van der Waals surface area contributed by atoms with Gasteiger partial charge < -0.3 is 20.1 Å². The zero-order valence-corrected chi connectivity index (χ0v) is 23.5. The predicted molar refractivity (Wildman–Crippen MR) is 149 cm³/mol. The van der Waals surface area contributed by atoms with Crippen LogP contribution < -0.4 is 19.3 Å². The van der Waals surface area contributed by atoms with E-state index in [2.05, 4.69) is 5.32 Å². The number of aliphatic carboxylic acids is 1. The standard InChI is InChI=1S/C28H26ClF4N3O5S/c29-22-5-2-6-23(30)27(22)34-18-11-12-35(15-18)19-7-9-25-24(14-19)36(16-20(41-25)8-10-26(37)38)42(39,40)21-4-1-3-17(13-21)28(31,32)33/h1-7,9,13-14,18,20,34H,8,10-12,15-16H2,(H,37,38)/t18?,20-/m0/s1. The van der Waals surface area contributed by atoms with Gasteiger partial charge in [0.05, 0.1) is 33.4 Å². The molecule has 14 heteroatoms. The molecule has 1 unspecified atom stereocenters. The van der Waals surface area contributed by atoms with Crippen LogP contribution in [-0.4, -0.2) is 51.3 Å². The molecule has 0 spiro atoms. The van der Waals surface area contributed by atoms with Crippen LogP contribution in [0.2, 0.25) is 5.02 Å². The minimum Gasteiger partial charge on any atom is -0.486 e. The number of halogens is 5. The van der Waals surface area contributed by atoms with E-state index in [-0.39, 0.29) is 47.6 Å². The molecular formula is C28H26ClF4N3O5S. The number of sulfonamides is 1. The number of nitrogens with one attached hydrogen (secondary N) is 1. The van der Waals surface area contributed by atoms with Gasteiger partial charge in [-0.3, -0.25) is 9.10 Å². The second kappa shape index (κ2) is 11.5. The van der Waals surface area contributed by atoms with Gasteiger partial charge in [-0.25, -0.2) is 12.8 Å². The summed E-state index contributed by atoms with van der Waals surface area (Å²) in [6, 6.07) is 12.5. The normalized spacial score (nSPS) is 18.9. The summed E-state index contributed by atoms with van der Waals surface area (Å²) < 4.78 is 88.9. The zero-order chi connectivity index (χ0) is 30.2. The number of anilines is 3. The highest BCUT2D eigenvalue weighted by Crippen LogP contribution is 2.42. The lowest BCUT2D eigenvalue weighted by molar-refractivity contribution is -0.138. The van der Waals surface area contributed by atoms with Crippen molar-refractivity contribution in [2.75, 3.05) is 34.2 Å². The highest BCUT2D eigenvalue weighted by Gasteiger charge is 2.38. The molecular weight excluding hydrogens is 602 g/mol. The van der Waals surface area contributed by atoms with Gasteiger partial charge >= 0.3 is 12.1 Å². The van der Waals surface area contributed by atoms with Crippen molar-refractivity contribution >= 4 is 44.7 Å². The molecule has 2 aliphatic heterocycles. The quantitative estimate of drug-likeness (QED) is 0.295. The first-order valence-electron chi connectivity index (χ1n) is 13.0. The Bertz CT molecular complexity index is 1580. The van der Waals surface area contributed by atoms with Crippen molar-refractivity contribution in [3.8, 4) is 5.75 Å². The Hall–Kier alpha value is -3.71. The molecule has 2 heterocycles. The first-order valence-corrected chi connectivity index (χ1v) is 14.8. The molecule has 0 amide bonds. The van der Waals surface area contributed by atoms with Crippen LogP contribution in [0.15, 0.2) is 65.6 Å². The second-order valence-corrected chi connectivity index (χ2v) is 12.3. The van der Waals surface area contributed by atoms with Crippen LogP contribution in [0.1, 0.15) is 24.8 Å². The molecule has 1 saturated heterocycles. The van der Waals surface area contributed by atoms with Gasteiger partial charge in [0.2, 0.25) is 0 Å². The molecule has 0 aliphatic carbocycles. The first-order chi connectivity index (χ1) is 19.8. The van der Waals surface area contributed by atoms with Gasteiger partial charge in [0, 0.05) is 31.2 Å². The van der Waals surface area contributed by atoms with E-state index in [1.807, 2.05) is 4.90 Å². The number of nitrogens with zero attached hydrogens (tertiary/aromatic N) is 2. The minimum absolute atomic E-state index is 0.0107. The molecule has 3 aromatic rings. The van der Waals surface area contributed by atoms with Crippen molar-refractivity contribution in [2.24, 2.45) is 0 Å². The van der Waals surface area contributed by atoms with Crippen molar-refractivity contribution in [1.29, 1.82) is 0 Å². The molecule has 2 atom stereocenters. The van der Waals surface area contributed by atoms with E-state index in [0.29, 0.717) is 31.3 Å². The number of carboxylic acid groups (broad SMARTS) is 1. The lowest BCUT2D eigenvalue weighted by Gasteiger charge is -2.36. The summed E-state index contributed by atoms with van der Waals surface area (Å²) >= 11 is 6.15. The van der Waals surface area contributed by atoms with Gasteiger partial charge in [0.25, 0.3) is 10.0 Å². The number of hydrogen-bond acceptors (Lipinski definition) is 6. The molecule has 224 valence electrons. The highest BCUT2D eigenvalue weighted by molar-refractivity contribution is 7.92. The summed E-state index contributed by atoms with van der Waals surface area (Å²) in [5.74, 6) is -1.43. The van der Waals surface area contributed by atoms with Crippen LogP contribution in [0, 0.1) is 5.82 Å². The first kappa shape index (κ1) is 29.8. The van der Waals surface area contributed by atoms with Gasteiger partial charge in [0.15, 0.2) is 0 Å². The maximum atomic E-state index is 14.3. The van der Waals surface area contributed by atoms with Crippen LogP contribution in [0.3, 0.4) is 0 Å². The number of fused-ring (bicyclic) bond motifs is 1. The molecule has 0 bridgehead atoms. The molecule has 0 aromatic heterocycles. The number of hydrogen-bond donors (Lipinski definition) is 2. The Morgan fingerprint density at radius 1 is 1.10 bits per heavy atom. The maximum absolute atomic E-state index is 14.3. The van der Waals surface area contributed by atoms with Gasteiger partial charge in [-0.05, 0) is 61.4 Å². The Labute approximate surface area is 244 Å². The van der Waals surface area contributed by atoms with E-state index in [1.165, 1.54) is 12.1 Å². The average Bonchev–Trinajstić information content (AvgIpc) is 3.41. The molecule has 0 saturated carbocycles. The van der Waals surface area contributed by atoms with Crippen molar-refractivity contribution in [1.82, 2.24) is 0 Å². The van der Waals surface area contributed by atoms with Gasteiger partial charge in [-0.2, -0.15) is 13.2 Å². The molecule has 2 aliphatic rings. The summed E-state index contributed by atoms with van der Waals surface area (Å²) in [5, 5.41) is 12.5. The van der Waals surface area contributed by atoms with E-state index in [4.69, 9.17) is 21.4 Å². The molecule has 2 N–H and O–H groups in total. The van der Waals surface area contributed by atoms with Crippen molar-refractivity contribution in [3.63, 3.8) is 0 Å². The molecule has 3 aromatic carbocycles. The van der Waals surface area contributed by atoms with Crippen molar-refractivity contribution < 1.29 is 40.6 Å². The summed E-state index contributed by atoms with van der Waals surface area (Å²) in [7, 11) is -4.51. The summed E-state index contributed by atoms with van der Waals surface area (Å²) in [5.41, 5.74) is -0.186.